The van der Waals surface area contributed by atoms with Gasteiger partial charge < -0.3 is 14.7 Å². The van der Waals surface area contributed by atoms with Crippen molar-refractivity contribution in [2.24, 2.45) is 0 Å². The van der Waals surface area contributed by atoms with E-state index in [2.05, 4.69) is 4.98 Å². The van der Waals surface area contributed by atoms with E-state index < -0.39 is 0 Å². The van der Waals surface area contributed by atoms with Crippen LogP contribution in [0, 0.1) is 0 Å². The number of rotatable bonds is 5. The van der Waals surface area contributed by atoms with Crippen LogP contribution in [0.2, 0.25) is 0 Å². The fourth-order valence-corrected chi connectivity index (χ4v) is 2.25. The van der Waals surface area contributed by atoms with E-state index in [0.717, 1.165) is 36.3 Å². The lowest BCUT2D eigenvalue weighted by Gasteiger charge is -2.20. The van der Waals surface area contributed by atoms with Crippen LogP contribution in [0.4, 0.5) is 0 Å². The number of aryl methyl sites for hydroxylation is 1. The van der Waals surface area contributed by atoms with Crippen molar-refractivity contribution in [3.63, 3.8) is 0 Å². The van der Waals surface area contributed by atoms with Crippen LogP contribution in [-0.4, -0.2) is 47.7 Å². The second-order valence-electron chi connectivity index (χ2n) is 4.77. The molecule has 0 saturated carbocycles. The molecule has 0 unspecified atom stereocenters. The second-order valence-corrected chi connectivity index (χ2v) is 4.77. The summed E-state index contributed by atoms with van der Waals surface area (Å²) in [6.07, 6.45) is 6.01. The van der Waals surface area contributed by atoms with E-state index in [4.69, 9.17) is 9.84 Å². The number of carbonyl (C=O) groups is 1. The predicted molar refractivity (Wildman–Crippen MR) is 71.1 cm³/mol. The molecule has 1 aromatic heterocycles. The van der Waals surface area contributed by atoms with E-state index >= 15 is 0 Å². The fourth-order valence-electron chi connectivity index (χ4n) is 2.25. The molecule has 1 heterocycles. The summed E-state index contributed by atoms with van der Waals surface area (Å²) in [5, 5.41) is 8.79. The first kappa shape index (κ1) is 13.8. The van der Waals surface area contributed by atoms with Gasteiger partial charge in [0.2, 0.25) is 0 Å². The third-order valence-corrected chi connectivity index (χ3v) is 3.40. The van der Waals surface area contributed by atoms with Crippen molar-refractivity contribution < 1.29 is 14.6 Å². The number of nitrogens with zero attached hydrogens (tertiary/aromatic N) is 2. The van der Waals surface area contributed by atoms with E-state index in [9.17, 15) is 4.79 Å². The Kier molecular flexibility index (Phi) is 4.74. The third-order valence-electron chi connectivity index (χ3n) is 3.40. The highest BCUT2D eigenvalue weighted by molar-refractivity contribution is 5.77. The number of aliphatic hydroxyl groups excluding tert-OH is 1. The molecule has 2 rings (SSSR count). The molecule has 5 nitrogen and oxygen atoms in total. The summed E-state index contributed by atoms with van der Waals surface area (Å²) in [5.41, 5.74) is 2.24. The molecular formula is C14H20N2O3. The minimum absolute atomic E-state index is 0.00690. The summed E-state index contributed by atoms with van der Waals surface area (Å²) in [4.78, 5) is 17.6. The van der Waals surface area contributed by atoms with Crippen molar-refractivity contribution in [1.29, 1.82) is 0 Å². The van der Waals surface area contributed by atoms with Crippen LogP contribution in [-0.2, 0) is 17.6 Å². The van der Waals surface area contributed by atoms with Crippen LogP contribution in [0.1, 0.15) is 24.1 Å². The van der Waals surface area contributed by atoms with Gasteiger partial charge in [0.1, 0.15) is 5.75 Å². The number of carbonyl (C=O) groups excluding carboxylic acids is 1. The highest BCUT2D eigenvalue weighted by atomic mass is 16.5. The number of amides is 1. The molecule has 0 fully saturated rings. The van der Waals surface area contributed by atoms with Crippen LogP contribution in [0.5, 0.6) is 5.75 Å². The van der Waals surface area contributed by atoms with Crippen LogP contribution >= 0.6 is 0 Å². The van der Waals surface area contributed by atoms with Crippen molar-refractivity contribution in [1.82, 2.24) is 9.88 Å². The first-order valence-corrected chi connectivity index (χ1v) is 6.66. The highest BCUT2D eigenvalue weighted by Crippen LogP contribution is 2.27. The average Bonchev–Trinajstić information content (AvgIpc) is 2.45. The highest BCUT2D eigenvalue weighted by Gasteiger charge is 2.16. The fraction of sp³-hybridized carbons (Fsp3) is 0.571. The van der Waals surface area contributed by atoms with E-state index in [1.807, 2.05) is 6.07 Å². The molecule has 0 spiro atoms. The van der Waals surface area contributed by atoms with Gasteiger partial charge >= 0.3 is 0 Å². The first-order valence-electron chi connectivity index (χ1n) is 6.66. The lowest BCUT2D eigenvalue weighted by atomic mass is 9.95. The van der Waals surface area contributed by atoms with Gasteiger partial charge in [0.15, 0.2) is 6.61 Å². The molecule has 0 aromatic carbocycles. The molecule has 0 atom stereocenters. The summed E-state index contributed by atoms with van der Waals surface area (Å²) < 4.78 is 5.62. The SMILES string of the molecule is CN(CCO)C(=O)COc1ccnc2c1CCCC2. The van der Waals surface area contributed by atoms with Crippen LogP contribution in [0.15, 0.2) is 12.3 Å². The quantitative estimate of drug-likeness (QED) is 0.854. The number of fused-ring (bicyclic) bond motifs is 1. The van der Waals surface area contributed by atoms with Crippen LogP contribution < -0.4 is 4.74 Å². The molecule has 1 aromatic rings. The van der Waals surface area contributed by atoms with Crippen molar-refractivity contribution in [3.05, 3.63) is 23.5 Å². The Balaban J connectivity index is 1.98. The summed E-state index contributed by atoms with van der Waals surface area (Å²) in [6.45, 7) is 0.302. The van der Waals surface area contributed by atoms with Gasteiger partial charge in [-0.15, -0.1) is 0 Å². The first-order chi connectivity index (χ1) is 9.22. The molecule has 1 aliphatic rings. The Labute approximate surface area is 113 Å². The lowest BCUT2D eigenvalue weighted by molar-refractivity contribution is -0.132. The standard InChI is InChI=1S/C14H20N2O3/c1-16(8-9-17)14(18)10-19-13-6-7-15-12-5-3-2-4-11(12)13/h6-7,17H,2-5,8-10H2,1H3. The van der Waals surface area contributed by atoms with Gasteiger partial charge in [-0.2, -0.15) is 0 Å². The largest absolute Gasteiger partial charge is 0.483 e. The minimum Gasteiger partial charge on any atom is -0.483 e. The maximum atomic E-state index is 11.7. The normalized spacial score (nSPS) is 13.8. The van der Waals surface area contributed by atoms with Gasteiger partial charge in [-0.05, 0) is 31.7 Å². The van der Waals surface area contributed by atoms with E-state index in [0.29, 0.717) is 6.54 Å². The molecule has 19 heavy (non-hydrogen) atoms. The minimum atomic E-state index is -0.129. The number of hydrogen-bond acceptors (Lipinski definition) is 4. The van der Waals surface area contributed by atoms with Gasteiger partial charge in [-0.1, -0.05) is 0 Å². The molecule has 1 amide bonds. The number of pyridine rings is 1. The van der Waals surface area contributed by atoms with Crippen molar-refractivity contribution in [2.45, 2.75) is 25.7 Å². The van der Waals surface area contributed by atoms with Gasteiger partial charge in [0.05, 0.1) is 6.61 Å². The molecule has 0 aliphatic heterocycles. The number of aromatic nitrogens is 1. The van der Waals surface area contributed by atoms with Crippen molar-refractivity contribution >= 4 is 5.91 Å². The number of ether oxygens (including phenoxy) is 1. The Morgan fingerprint density at radius 1 is 1.47 bits per heavy atom. The van der Waals surface area contributed by atoms with Gasteiger partial charge in [0.25, 0.3) is 5.91 Å². The number of aliphatic hydroxyl groups is 1. The molecule has 5 heteroatoms. The Morgan fingerprint density at radius 3 is 3.05 bits per heavy atom. The van der Waals surface area contributed by atoms with Crippen LogP contribution in [0.3, 0.4) is 0 Å². The van der Waals surface area contributed by atoms with Crippen molar-refractivity contribution in [3.8, 4) is 5.75 Å². The van der Waals surface area contributed by atoms with Gasteiger partial charge in [-0.3, -0.25) is 9.78 Å². The zero-order chi connectivity index (χ0) is 13.7. The van der Waals surface area contributed by atoms with E-state index in [1.54, 1.807) is 13.2 Å². The smallest absolute Gasteiger partial charge is 0.260 e. The molecule has 104 valence electrons. The second kappa shape index (κ2) is 6.52. The predicted octanol–water partition coefficient (Wildman–Crippen LogP) is 0.790. The van der Waals surface area contributed by atoms with E-state index in [1.165, 1.54) is 11.3 Å². The topological polar surface area (TPSA) is 62.7 Å². The lowest BCUT2D eigenvalue weighted by Crippen LogP contribution is -2.33. The maximum Gasteiger partial charge on any atom is 0.260 e. The molecular weight excluding hydrogens is 244 g/mol. The third kappa shape index (κ3) is 3.44. The number of hydrogen-bond donors (Lipinski definition) is 1. The van der Waals surface area contributed by atoms with Crippen LogP contribution in [0.25, 0.3) is 0 Å². The van der Waals surface area contributed by atoms with Crippen molar-refractivity contribution in [2.75, 3.05) is 26.8 Å². The summed E-state index contributed by atoms with van der Waals surface area (Å²) in [5.74, 6) is 0.644. The monoisotopic (exact) mass is 264 g/mol. The van der Waals surface area contributed by atoms with E-state index in [-0.39, 0.29) is 19.1 Å². The zero-order valence-electron chi connectivity index (χ0n) is 11.3. The maximum absolute atomic E-state index is 11.7. The summed E-state index contributed by atoms with van der Waals surface area (Å²) in [7, 11) is 1.66. The number of likely N-dealkylation sites (N-methyl/N-ethyl adjacent to an activating group) is 1. The Bertz CT molecular complexity index is 448. The zero-order valence-corrected chi connectivity index (χ0v) is 11.3. The van der Waals surface area contributed by atoms with Gasteiger partial charge in [-0.25, -0.2) is 0 Å². The molecule has 0 bridgehead atoms. The van der Waals surface area contributed by atoms with Gasteiger partial charge in [0, 0.05) is 31.0 Å². The molecule has 1 N–H and O–H groups in total. The summed E-state index contributed by atoms with van der Waals surface area (Å²) >= 11 is 0. The Hall–Kier alpha value is -1.62. The molecule has 1 aliphatic carbocycles. The molecule has 0 radical (unpaired) electrons. The summed E-state index contributed by atoms with van der Waals surface area (Å²) in [6, 6.07) is 1.82. The Morgan fingerprint density at radius 2 is 2.26 bits per heavy atom. The molecule has 0 saturated heterocycles. The average molecular weight is 264 g/mol.